The molecule has 1 aliphatic heterocycles. The summed E-state index contributed by atoms with van der Waals surface area (Å²) in [5, 5.41) is 7.42. The molecule has 0 atom stereocenters. The number of guanidine groups is 1. The summed E-state index contributed by atoms with van der Waals surface area (Å²) >= 11 is 2.79. The molecule has 0 unspecified atom stereocenters. The van der Waals surface area contributed by atoms with Gasteiger partial charge in [-0.15, -0.1) is 22.7 Å². The zero-order chi connectivity index (χ0) is 16.2. The third kappa shape index (κ3) is 4.03. The summed E-state index contributed by atoms with van der Waals surface area (Å²) in [7, 11) is 0. The molecule has 0 aliphatic carbocycles. The lowest BCUT2D eigenvalue weighted by Crippen LogP contribution is -2.37. The SMILES string of the molecule is Cc1csc(N=C(N)NC(=O)c2csc(N3CCOCC3)n2)n1. The molecule has 0 spiro atoms. The number of nitrogens with zero attached hydrogens (tertiary/aromatic N) is 4. The van der Waals surface area contributed by atoms with E-state index in [1.807, 2.05) is 12.3 Å². The van der Waals surface area contributed by atoms with E-state index in [1.54, 1.807) is 5.38 Å². The second-order valence-electron chi connectivity index (χ2n) is 4.84. The number of carbonyl (C=O) groups is 1. The van der Waals surface area contributed by atoms with Crippen LogP contribution >= 0.6 is 22.7 Å². The molecule has 0 bridgehead atoms. The highest BCUT2D eigenvalue weighted by Crippen LogP contribution is 2.21. The first-order valence-electron chi connectivity index (χ1n) is 6.97. The fraction of sp³-hybridized carbons (Fsp3) is 0.385. The van der Waals surface area contributed by atoms with E-state index in [-0.39, 0.29) is 11.9 Å². The van der Waals surface area contributed by atoms with Gasteiger partial charge in [-0.2, -0.15) is 4.99 Å². The van der Waals surface area contributed by atoms with Crippen LogP contribution < -0.4 is 16.0 Å². The van der Waals surface area contributed by atoms with E-state index in [4.69, 9.17) is 10.5 Å². The maximum atomic E-state index is 12.2. The Balaban J connectivity index is 1.64. The number of aryl methyl sites for hydroxylation is 1. The lowest BCUT2D eigenvalue weighted by Gasteiger charge is -2.25. The zero-order valence-corrected chi connectivity index (χ0v) is 14.1. The third-order valence-electron chi connectivity index (χ3n) is 3.07. The zero-order valence-electron chi connectivity index (χ0n) is 12.5. The highest BCUT2D eigenvalue weighted by atomic mass is 32.1. The van der Waals surface area contributed by atoms with Crippen LogP contribution in [-0.4, -0.2) is 48.1 Å². The number of nitrogens with one attached hydrogen (secondary N) is 1. The van der Waals surface area contributed by atoms with Crippen LogP contribution in [-0.2, 0) is 4.74 Å². The topological polar surface area (TPSA) is 106 Å². The lowest BCUT2D eigenvalue weighted by atomic mass is 10.4. The van der Waals surface area contributed by atoms with Gasteiger partial charge in [-0.1, -0.05) is 0 Å². The van der Waals surface area contributed by atoms with Crippen molar-refractivity contribution in [1.29, 1.82) is 0 Å². The summed E-state index contributed by atoms with van der Waals surface area (Å²) < 4.78 is 5.31. The van der Waals surface area contributed by atoms with Gasteiger partial charge in [-0.25, -0.2) is 9.97 Å². The number of ether oxygens (including phenoxy) is 1. The molecule has 8 nitrogen and oxygen atoms in total. The van der Waals surface area contributed by atoms with Gasteiger partial charge < -0.3 is 15.4 Å². The summed E-state index contributed by atoms with van der Waals surface area (Å²) in [6, 6.07) is 0. The number of rotatable bonds is 3. The van der Waals surface area contributed by atoms with Crippen LogP contribution in [0, 0.1) is 6.92 Å². The van der Waals surface area contributed by atoms with Crippen LogP contribution in [0.15, 0.2) is 15.8 Å². The predicted molar refractivity (Wildman–Crippen MR) is 90.7 cm³/mol. The van der Waals surface area contributed by atoms with Gasteiger partial charge in [0.05, 0.1) is 18.9 Å². The molecule has 0 saturated carbocycles. The Labute approximate surface area is 141 Å². The van der Waals surface area contributed by atoms with E-state index in [0.717, 1.165) is 23.9 Å². The standard InChI is InChI=1S/C13H16N6O2S2/c1-8-6-22-12(15-8)18-11(14)17-10(20)9-7-23-13(16-9)19-2-4-21-5-3-19/h6-7H,2-5H2,1H3,(H3,14,15,17,18,20). The van der Waals surface area contributed by atoms with Crippen molar-refractivity contribution in [2.45, 2.75) is 6.92 Å². The number of carbonyl (C=O) groups excluding carboxylic acids is 1. The van der Waals surface area contributed by atoms with Crippen molar-refractivity contribution in [2.75, 3.05) is 31.2 Å². The second kappa shape index (κ2) is 7.02. The number of hydrogen-bond donors (Lipinski definition) is 2. The van der Waals surface area contributed by atoms with Gasteiger partial charge in [-0.3, -0.25) is 10.1 Å². The summed E-state index contributed by atoms with van der Waals surface area (Å²) in [5.41, 5.74) is 6.92. The first-order chi connectivity index (χ1) is 11.1. The second-order valence-corrected chi connectivity index (χ2v) is 6.51. The molecule has 3 heterocycles. The minimum Gasteiger partial charge on any atom is -0.378 e. The van der Waals surface area contributed by atoms with Crippen LogP contribution in [0.5, 0.6) is 0 Å². The van der Waals surface area contributed by atoms with Crippen molar-refractivity contribution in [3.63, 3.8) is 0 Å². The number of aliphatic imine (C=N–C) groups is 1. The van der Waals surface area contributed by atoms with Crippen molar-refractivity contribution in [1.82, 2.24) is 15.3 Å². The van der Waals surface area contributed by atoms with Crippen LogP contribution in [0.3, 0.4) is 0 Å². The number of morpholine rings is 1. The number of hydrogen-bond acceptors (Lipinski definition) is 8. The van der Waals surface area contributed by atoms with Gasteiger partial charge in [-0.05, 0) is 6.92 Å². The largest absolute Gasteiger partial charge is 0.378 e. The Morgan fingerprint density at radius 3 is 2.83 bits per heavy atom. The van der Waals surface area contributed by atoms with Gasteiger partial charge in [0.15, 0.2) is 5.13 Å². The van der Waals surface area contributed by atoms with Crippen LogP contribution in [0.1, 0.15) is 16.2 Å². The molecule has 23 heavy (non-hydrogen) atoms. The molecule has 3 rings (SSSR count). The minimum atomic E-state index is -0.379. The van der Waals surface area contributed by atoms with E-state index in [2.05, 4.69) is 25.2 Å². The Hall–Kier alpha value is -2.04. The maximum absolute atomic E-state index is 12.2. The molecule has 122 valence electrons. The molecular weight excluding hydrogens is 336 g/mol. The van der Waals surface area contributed by atoms with Gasteiger partial charge in [0, 0.05) is 23.8 Å². The molecule has 0 radical (unpaired) electrons. The molecule has 3 N–H and O–H groups in total. The highest BCUT2D eigenvalue weighted by molar-refractivity contribution is 7.14. The van der Waals surface area contributed by atoms with Crippen LogP contribution in [0.25, 0.3) is 0 Å². The number of anilines is 1. The van der Waals surface area contributed by atoms with Crippen molar-refractivity contribution < 1.29 is 9.53 Å². The molecule has 2 aromatic heterocycles. The van der Waals surface area contributed by atoms with Gasteiger partial charge in [0.1, 0.15) is 5.69 Å². The quantitative estimate of drug-likeness (QED) is 0.633. The summed E-state index contributed by atoms with van der Waals surface area (Å²) in [5.74, 6) is -0.374. The fourth-order valence-electron chi connectivity index (χ4n) is 1.97. The minimum absolute atomic E-state index is 0.00488. The smallest absolute Gasteiger partial charge is 0.277 e. The van der Waals surface area contributed by atoms with Gasteiger partial charge in [0.2, 0.25) is 11.1 Å². The molecule has 1 aliphatic rings. The number of thiazole rings is 2. The van der Waals surface area contributed by atoms with Crippen LogP contribution in [0.2, 0.25) is 0 Å². The lowest BCUT2D eigenvalue weighted by molar-refractivity contribution is 0.0972. The monoisotopic (exact) mass is 352 g/mol. The van der Waals surface area contributed by atoms with Crippen molar-refractivity contribution >= 4 is 44.8 Å². The predicted octanol–water partition coefficient (Wildman–Crippen LogP) is 1.12. The summed E-state index contributed by atoms with van der Waals surface area (Å²) in [6.45, 7) is 4.78. The number of nitrogens with two attached hydrogens (primary N) is 1. The van der Waals surface area contributed by atoms with E-state index in [1.165, 1.54) is 22.7 Å². The fourth-order valence-corrected chi connectivity index (χ4v) is 3.51. The molecule has 1 saturated heterocycles. The molecule has 2 aromatic rings. The van der Waals surface area contributed by atoms with Crippen molar-refractivity contribution in [2.24, 2.45) is 10.7 Å². The van der Waals surface area contributed by atoms with Crippen molar-refractivity contribution in [3.8, 4) is 0 Å². The maximum Gasteiger partial charge on any atom is 0.277 e. The Kier molecular flexibility index (Phi) is 4.84. The summed E-state index contributed by atoms with van der Waals surface area (Å²) in [6.07, 6.45) is 0. The molecule has 10 heteroatoms. The van der Waals surface area contributed by atoms with Gasteiger partial charge >= 0.3 is 0 Å². The van der Waals surface area contributed by atoms with E-state index >= 15 is 0 Å². The average Bonchev–Trinajstić information content (AvgIpc) is 3.17. The van der Waals surface area contributed by atoms with E-state index in [9.17, 15) is 4.79 Å². The van der Waals surface area contributed by atoms with E-state index < -0.39 is 0 Å². The first-order valence-corrected chi connectivity index (χ1v) is 8.73. The molecule has 0 aromatic carbocycles. The third-order valence-corrected chi connectivity index (χ3v) is 4.82. The highest BCUT2D eigenvalue weighted by Gasteiger charge is 2.17. The molecular formula is C13H16N6O2S2. The Bertz CT molecular complexity index is 720. The average molecular weight is 352 g/mol. The number of amides is 1. The molecule has 1 amide bonds. The number of aromatic nitrogens is 2. The molecule has 1 fully saturated rings. The van der Waals surface area contributed by atoms with E-state index in [0.29, 0.717) is 24.0 Å². The normalized spacial score (nSPS) is 15.7. The van der Waals surface area contributed by atoms with Gasteiger partial charge in [0.25, 0.3) is 5.91 Å². The van der Waals surface area contributed by atoms with Crippen molar-refractivity contribution in [3.05, 3.63) is 22.1 Å². The summed E-state index contributed by atoms with van der Waals surface area (Å²) in [4.78, 5) is 26.8. The van der Waals surface area contributed by atoms with Crippen LogP contribution in [0.4, 0.5) is 10.3 Å². The Morgan fingerprint density at radius 2 is 2.13 bits per heavy atom. The first kappa shape index (κ1) is 15.8. The Morgan fingerprint density at radius 1 is 1.35 bits per heavy atom.